The molecule has 0 spiro atoms. The van der Waals surface area contributed by atoms with Gasteiger partial charge in [-0.1, -0.05) is 0 Å². The van der Waals surface area contributed by atoms with E-state index in [-0.39, 0.29) is 29.3 Å². The molecule has 5 nitrogen and oxygen atoms in total. The van der Waals surface area contributed by atoms with Crippen LogP contribution in [0.5, 0.6) is 0 Å². The van der Waals surface area contributed by atoms with Crippen LogP contribution in [0.3, 0.4) is 0 Å². The van der Waals surface area contributed by atoms with Gasteiger partial charge >= 0.3 is 5.97 Å². The van der Waals surface area contributed by atoms with Crippen LogP contribution in [0.15, 0.2) is 0 Å². The minimum atomic E-state index is -2.96. The SMILES string of the molecule is COC(=O)C1CCC(OC2CCCC(S(C)(=O)=O)C2)CC1. The van der Waals surface area contributed by atoms with Crippen molar-refractivity contribution in [2.45, 2.75) is 68.8 Å². The maximum atomic E-state index is 11.7. The third-order valence-corrected chi connectivity index (χ3v) is 6.42. The van der Waals surface area contributed by atoms with Gasteiger partial charge in [-0.25, -0.2) is 8.42 Å². The van der Waals surface area contributed by atoms with Crippen molar-refractivity contribution >= 4 is 15.8 Å². The van der Waals surface area contributed by atoms with Gasteiger partial charge in [-0.15, -0.1) is 0 Å². The normalized spacial score (nSPS) is 34.4. The van der Waals surface area contributed by atoms with Crippen LogP contribution in [0.2, 0.25) is 0 Å². The van der Waals surface area contributed by atoms with E-state index in [0.29, 0.717) is 6.42 Å². The molecule has 0 aromatic carbocycles. The number of hydrogen-bond donors (Lipinski definition) is 0. The van der Waals surface area contributed by atoms with Crippen LogP contribution in [0.4, 0.5) is 0 Å². The summed E-state index contributed by atoms with van der Waals surface area (Å²) in [6.07, 6.45) is 8.11. The van der Waals surface area contributed by atoms with Crippen LogP contribution >= 0.6 is 0 Å². The van der Waals surface area contributed by atoms with Crippen LogP contribution in [0.1, 0.15) is 51.4 Å². The van der Waals surface area contributed by atoms with Gasteiger partial charge in [0, 0.05) is 6.26 Å². The van der Waals surface area contributed by atoms with Gasteiger partial charge in [-0.2, -0.15) is 0 Å². The molecule has 21 heavy (non-hydrogen) atoms. The largest absolute Gasteiger partial charge is 0.469 e. The fraction of sp³-hybridized carbons (Fsp3) is 0.933. The Hall–Kier alpha value is -0.620. The summed E-state index contributed by atoms with van der Waals surface area (Å²) in [6, 6.07) is 0. The first kappa shape index (κ1) is 16.7. The van der Waals surface area contributed by atoms with Crippen molar-refractivity contribution in [3.05, 3.63) is 0 Å². The predicted molar refractivity (Wildman–Crippen MR) is 79.7 cm³/mol. The summed E-state index contributed by atoms with van der Waals surface area (Å²) in [5, 5.41) is -0.248. The summed E-state index contributed by atoms with van der Waals surface area (Å²) in [6.45, 7) is 0. The second-order valence-corrected chi connectivity index (χ2v) is 8.70. The molecule has 2 aliphatic rings. The number of sulfone groups is 1. The molecule has 0 aromatic heterocycles. The Balaban J connectivity index is 1.79. The smallest absolute Gasteiger partial charge is 0.308 e. The van der Waals surface area contributed by atoms with E-state index in [0.717, 1.165) is 44.9 Å². The fourth-order valence-electron chi connectivity index (χ4n) is 3.49. The van der Waals surface area contributed by atoms with E-state index in [1.165, 1.54) is 13.4 Å². The number of methoxy groups -OCH3 is 1. The Morgan fingerprint density at radius 3 is 2.24 bits per heavy atom. The Kier molecular flexibility index (Phi) is 5.66. The van der Waals surface area contributed by atoms with Gasteiger partial charge in [0.1, 0.15) is 9.84 Å². The summed E-state index contributed by atoms with van der Waals surface area (Å²) >= 11 is 0. The average molecular weight is 318 g/mol. The van der Waals surface area contributed by atoms with Gasteiger partial charge in [0.15, 0.2) is 0 Å². The molecule has 2 fully saturated rings. The van der Waals surface area contributed by atoms with Gasteiger partial charge in [0.25, 0.3) is 0 Å². The zero-order valence-corrected chi connectivity index (χ0v) is 13.7. The van der Waals surface area contributed by atoms with Gasteiger partial charge < -0.3 is 9.47 Å². The van der Waals surface area contributed by atoms with Crippen molar-refractivity contribution in [1.82, 2.24) is 0 Å². The van der Waals surface area contributed by atoms with Gasteiger partial charge in [-0.3, -0.25) is 4.79 Å². The van der Waals surface area contributed by atoms with E-state index in [9.17, 15) is 13.2 Å². The minimum Gasteiger partial charge on any atom is -0.469 e. The van der Waals surface area contributed by atoms with Crippen molar-refractivity contribution in [3.8, 4) is 0 Å². The molecule has 0 N–H and O–H groups in total. The maximum absolute atomic E-state index is 11.7. The molecule has 122 valence electrons. The molecule has 2 atom stereocenters. The van der Waals surface area contributed by atoms with Crippen LogP contribution in [0, 0.1) is 5.92 Å². The zero-order chi connectivity index (χ0) is 15.5. The molecule has 0 amide bonds. The van der Waals surface area contributed by atoms with E-state index >= 15 is 0 Å². The number of ether oxygens (including phenoxy) is 2. The van der Waals surface area contributed by atoms with Crippen molar-refractivity contribution < 1.29 is 22.7 Å². The monoisotopic (exact) mass is 318 g/mol. The van der Waals surface area contributed by atoms with Crippen LogP contribution in [-0.2, 0) is 24.1 Å². The Morgan fingerprint density at radius 1 is 1.00 bits per heavy atom. The fourth-order valence-corrected chi connectivity index (χ4v) is 4.65. The lowest BCUT2D eigenvalue weighted by Gasteiger charge is -2.34. The molecule has 0 aliphatic heterocycles. The molecule has 2 rings (SSSR count). The lowest BCUT2D eigenvalue weighted by atomic mass is 9.87. The number of esters is 1. The highest BCUT2D eigenvalue weighted by Crippen LogP contribution is 2.32. The van der Waals surface area contributed by atoms with E-state index in [1.54, 1.807) is 0 Å². The first-order chi connectivity index (χ1) is 9.90. The summed E-state index contributed by atoms with van der Waals surface area (Å²) in [5.41, 5.74) is 0. The summed E-state index contributed by atoms with van der Waals surface area (Å²) in [5.74, 6) is -0.117. The highest BCUT2D eigenvalue weighted by molar-refractivity contribution is 7.91. The van der Waals surface area contributed by atoms with Gasteiger partial charge in [-0.05, 0) is 51.4 Å². The molecule has 0 heterocycles. The van der Waals surface area contributed by atoms with E-state index < -0.39 is 9.84 Å². The standard InChI is InChI=1S/C15H26O5S/c1-19-15(16)11-6-8-12(9-7-11)20-13-4-3-5-14(10-13)21(2,17)18/h11-14H,3-10H2,1-2H3. The van der Waals surface area contributed by atoms with Crippen LogP contribution in [0.25, 0.3) is 0 Å². The lowest BCUT2D eigenvalue weighted by molar-refractivity contribution is -0.148. The van der Waals surface area contributed by atoms with E-state index in [1.807, 2.05) is 0 Å². The van der Waals surface area contributed by atoms with Crippen molar-refractivity contribution in [1.29, 1.82) is 0 Å². The molecule has 2 unspecified atom stereocenters. The van der Waals surface area contributed by atoms with Gasteiger partial charge in [0.2, 0.25) is 0 Å². The first-order valence-electron chi connectivity index (χ1n) is 7.82. The highest BCUT2D eigenvalue weighted by Gasteiger charge is 2.33. The van der Waals surface area contributed by atoms with Crippen LogP contribution in [-0.4, -0.2) is 45.2 Å². The minimum absolute atomic E-state index is 0.00461. The molecular weight excluding hydrogens is 292 g/mol. The number of carbonyl (C=O) groups is 1. The second-order valence-electron chi connectivity index (χ2n) is 6.37. The summed E-state index contributed by atoms with van der Waals surface area (Å²) < 4.78 is 34.2. The van der Waals surface area contributed by atoms with E-state index in [4.69, 9.17) is 9.47 Å². The van der Waals surface area contributed by atoms with Gasteiger partial charge in [0.05, 0.1) is 30.5 Å². The Labute approximate surface area is 127 Å². The quantitative estimate of drug-likeness (QED) is 0.742. The van der Waals surface area contributed by atoms with Crippen molar-refractivity contribution in [2.75, 3.05) is 13.4 Å². The number of hydrogen-bond acceptors (Lipinski definition) is 5. The number of carbonyl (C=O) groups excluding carboxylic acids is 1. The molecule has 2 saturated carbocycles. The summed E-state index contributed by atoms with van der Waals surface area (Å²) in [4.78, 5) is 11.5. The van der Waals surface area contributed by atoms with E-state index in [2.05, 4.69) is 0 Å². The number of rotatable bonds is 4. The molecule has 0 saturated heterocycles. The molecular formula is C15H26O5S. The van der Waals surface area contributed by atoms with Crippen molar-refractivity contribution in [3.63, 3.8) is 0 Å². The predicted octanol–water partition coefficient (Wildman–Crippen LogP) is 2.09. The third kappa shape index (κ3) is 4.68. The second kappa shape index (κ2) is 7.09. The van der Waals surface area contributed by atoms with Crippen LogP contribution < -0.4 is 0 Å². The zero-order valence-electron chi connectivity index (χ0n) is 12.9. The average Bonchev–Trinajstić information content (AvgIpc) is 2.47. The maximum Gasteiger partial charge on any atom is 0.308 e. The highest BCUT2D eigenvalue weighted by atomic mass is 32.2. The lowest BCUT2D eigenvalue weighted by Crippen LogP contribution is -2.35. The van der Waals surface area contributed by atoms with Crippen molar-refractivity contribution in [2.24, 2.45) is 5.92 Å². The summed E-state index contributed by atoms with van der Waals surface area (Å²) in [7, 11) is -1.54. The third-order valence-electron chi connectivity index (χ3n) is 4.78. The molecule has 0 aromatic rings. The first-order valence-corrected chi connectivity index (χ1v) is 9.77. The Morgan fingerprint density at radius 2 is 1.67 bits per heavy atom. The molecule has 2 aliphatic carbocycles. The molecule has 6 heteroatoms. The molecule has 0 radical (unpaired) electrons. The molecule has 0 bridgehead atoms. The Bertz CT molecular complexity index is 451. The topological polar surface area (TPSA) is 69.7 Å².